The SMILES string of the molecule is C[C@@H]1CC[C@@]2(OC1)OC1C[C@H]3[C@@H]4CC[C@H]5C[C@@H](O[C@@H]6O[C@H](COC(=O)Nc7ccccc7F)[C@@H](O[C@@H]7O[C@H](CO)[C@@H](O)[C@H](O)[C@H]7O)[C@H](O)[C@H]6O)CC[C@]5(C)[C@H]4C(=O)C[C@]3(C)C1[C@@H]2C. The summed E-state index contributed by atoms with van der Waals surface area (Å²) >= 11 is 0. The molecule has 352 valence electrons. The Hall–Kier alpha value is -2.39. The van der Waals surface area contributed by atoms with Crippen LogP contribution < -0.4 is 5.32 Å². The van der Waals surface area contributed by atoms with E-state index in [1.807, 2.05) is 0 Å². The molecule has 63 heavy (non-hydrogen) atoms. The first-order valence-electron chi connectivity index (χ1n) is 23.1. The highest BCUT2D eigenvalue weighted by Gasteiger charge is 2.71. The highest BCUT2D eigenvalue weighted by Crippen LogP contribution is 2.70. The van der Waals surface area contributed by atoms with Gasteiger partial charge in [0, 0.05) is 24.7 Å². The molecule has 7 N–H and O–H groups in total. The van der Waals surface area contributed by atoms with Gasteiger partial charge in [0.2, 0.25) is 0 Å². The number of para-hydroxylation sites is 1. The topological polar surface area (TPSA) is 232 Å². The van der Waals surface area contributed by atoms with Gasteiger partial charge in [-0.2, -0.15) is 0 Å². The molecule has 17 heteroatoms. The molecule has 16 nitrogen and oxygen atoms in total. The summed E-state index contributed by atoms with van der Waals surface area (Å²) in [4.78, 5) is 27.5. The number of nitrogens with one attached hydrogen (secondary N) is 1. The second-order valence-electron chi connectivity index (χ2n) is 20.7. The summed E-state index contributed by atoms with van der Waals surface area (Å²) in [7, 11) is 0. The third-order valence-corrected chi connectivity index (χ3v) is 17.2. The van der Waals surface area contributed by atoms with Gasteiger partial charge in [-0.25, -0.2) is 9.18 Å². The van der Waals surface area contributed by atoms with Gasteiger partial charge in [0.05, 0.1) is 31.1 Å². The fraction of sp³-hybridized carbons (Fsp3) is 0.826. The molecule has 0 radical (unpaired) electrons. The predicted octanol–water partition coefficient (Wildman–Crippen LogP) is 3.02. The van der Waals surface area contributed by atoms with Crippen LogP contribution in [0.2, 0.25) is 0 Å². The Morgan fingerprint density at radius 3 is 2.33 bits per heavy atom. The molecule has 4 saturated carbocycles. The van der Waals surface area contributed by atoms with Gasteiger partial charge in [0.25, 0.3) is 0 Å². The monoisotopic (exact) mass is 891 g/mol. The number of hydrogen-bond acceptors (Lipinski definition) is 15. The maximum Gasteiger partial charge on any atom is 0.411 e. The summed E-state index contributed by atoms with van der Waals surface area (Å²) < 4.78 is 57.1. The van der Waals surface area contributed by atoms with Gasteiger partial charge in [-0.05, 0) is 97.5 Å². The van der Waals surface area contributed by atoms with Crippen molar-refractivity contribution < 1.29 is 77.8 Å². The molecule has 4 saturated heterocycles. The van der Waals surface area contributed by atoms with Gasteiger partial charge in [-0.15, -0.1) is 0 Å². The number of halogens is 1. The first kappa shape index (κ1) is 45.8. The minimum Gasteiger partial charge on any atom is -0.446 e. The number of benzene rings is 1. The summed E-state index contributed by atoms with van der Waals surface area (Å²) in [6.07, 6.45) is -10.5. The van der Waals surface area contributed by atoms with Crippen LogP contribution in [0, 0.1) is 58.1 Å². The molecule has 0 bridgehead atoms. The van der Waals surface area contributed by atoms with E-state index in [9.17, 15) is 44.6 Å². The average Bonchev–Trinajstić information content (AvgIpc) is 3.70. The Balaban J connectivity index is 0.873. The van der Waals surface area contributed by atoms with Crippen LogP contribution in [0.4, 0.5) is 14.9 Å². The quantitative estimate of drug-likeness (QED) is 0.186. The number of anilines is 1. The molecule has 1 spiro atoms. The molecular weight excluding hydrogens is 825 g/mol. The van der Waals surface area contributed by atoms with Gasteiger partial charge in [-0.1, -0.05) is 39.8 Å². The van der Waals surface area contributed by atoms with Crippen molar-refractivity contribution in [1.29, 1.82) is 0 Å². The number of aliphatic hydroxyl groups excluding tert-OH is 6. The molecule has 8 fully saturated rings. The minimum atomic E-state index is -1.85. The zero-order chi connectivity index (χ0) is 44.7. The molecular formula is C46H66FNO15. The standard InChI is InChI=1S/C46H66FNO15/c1-21-11-14-46(58-19-21)22(2)33-30(63-46)16-26-25-10-9-23-15-24(12-13-44(23,3)34(25)29(50)17-45(26,33)4)59-41-39(55)37(53)40(62-42-38(54)36(52)35(51)31(18-49)60-42)32(61-41)20-57-43(56)48-28-8-6-5-7-27(28)47/h5-8,21-26,30-42,49,51-55H,9-20H2,1-4H3,(H,48,56)/t21-,22+,23+,24+,25+,26+,30?,31-,32-,33?,34-,35-,36+,37-,38-,39-,40-,41-,42+,44+,45+,46-/m1/s1. The molecule has 1 aromatic rings. The molecule has 1 amide bonds. The van der Waals surface area contributed by atoms with Gasteiger partial charge in [0.1, 0.15) is 67.0 Å². The minimum absolute atomic E-state index is 0.0825. The van der Waals surface area contributed by atoms with Crippen LogP contribution in [0.3, 0.4) is 0 Å². The number of rotatable bonds is 8. The van der Waals surface area contributed by atoms with Gasteiger partial charge >= 0.3 is 6.09 Å². The Morgan fingerprint density at radius 2 is 1.60 bits per heavy atom. The number of carbonyl (C=O) groups excluding carboxylic acids is 2. The number of ether oxygens (including phenoxy) is 7. The van der Waals surface area contributed by atoms with Crippen molar-refractivity contribution in [2.45, 2.75) is 165 Å². The van der Waals surface area contributed by atoms with Crippen molar-refractivity contribution in [1.82, 2.24) is 0 Å². The lowest BCUT2D eigenvalue weighted by molar-refractivity contribution is -0.364. The van der Waals surface area contributed by atoms with Gasteiger partial charge in [-0.3, -0.25) is 10.1 Å². The van der Waals surface area contributed by atoms with E-state index in [4.69, 9.17) is 33.2 Å². The maximum atomic E-state index is 14.6. The fourth-order valence-corrected chi connectivity index (χ4v) is 13.9. The Kier molecular flexibility index (Phi) is 12.6. The van der Waals surface area contributed by atoms with Crippen molar-refractivity contribution in [2.24, 2.45) is 52.3 Å². The highest BCUT2D eigenvalue weighted by molar-refractivity contribution is 5.85. The van der Waals surface area contributed by atoms with E-state index in [1.54, 1.807) is 0 Å². The van der Waals surface area contributed by atoms with Crippen molar-refractivity contribution in [3.05, 3.63) is 30.1 Å². The predicted molar refractivity (Wildman–Crippen MR) is 218 cm³/mol. The molecule has 4 heterocycles. The summed E-state index contributed by atoms with van der Waals surface area (Å²) in [6, 6.07) is 5.46. The van der Waals surface area contributed by atoms with Crippen LogP contribution >= 0.6 is 0 Å². The number of amides is 1. The van der Waals surface area contributed by atoms with Crippen LogP contribution in [0.1, 0.15) is 85.5 Å². The molecule has 22 atom stereocenters. The summed E-state index contributed by atoms with van der Waals surface area (Å²) in [6.45, 7) is 8.47. The highest BCUT2D eigenvalue weighted by atomic mass is 19.1. The van der Waals surface area contributed by atoms with Crippen LogP contribution in [0.15, 0.2) is 24.3 Å². The molecule has 8 aliphatic rings. The summed E-state index contributed by atoms with van der Waals surface area (Å²) in [5, 5.41) is 66.5. The average molecular weight is 892 g/mol. The molecule has 9 rings (SSSR count). The third kappa shape index (κ3) is 7.86. The summed E-state index contributed by atoms with van der Waals surface area (Å²) in [5.41, 5.74) is -0.556. The fourth-order valence-electron chi connectivity index (χ4n) is 13.9. The van der Waals surface area contributed by atoms with Crippen LogP contribution in [-0.4, -0.2) is 142 Å². The van der Waals surface area contributed by atoms with E-state index in [1.165, 1.54) is 18.2 Å². The molecule has 2 unspecified atom stereocenters. The Bertz CT molecular complexity index is 1830. The van der Waals surface area contributed by atoms with Crippen molar-refractivity contribution in [3.63, 3.8) is 0 Å². The number of carbonyl (C=O) groups is 2. The van der Waals surface area contributed by atoms with Crippen LogP contribution in [-0.2, 0) is 38.0 Å². The second-order valence-corrected chi connectivity index (χ2v) is 20.7. The van der Waals surface area contributed by atoms with Crippen LogP contribution in [0.5, 0.6) is 0 Å². The zero-order valence-electron chi connectivity index (χ0n) is 36.5. The molecule has 0 aromatic heterocycles. The number of Topliss-reactive ketones (excluding diaryl/α,β-unsaturated/α-hetero) is 1. The Labute approximate surface area is 367 Å². The lowest BCUT2D eigenvalue weighted by Gasteiger charge is -2.60. The number of aliphatic hydroxyl groups is 6. The first-order valence-corrected chi connectivity index (χ1v) is 23.1. The first-order chi connectivity index (χ1) is 30.0. The van der Waals surface area contributed by atoms with Crippen LogP contribution in [0.25, 0.3) is 0 Å². The number of hydrogen-bond donors (Lipinski definition) is 7. The van der Waals surface area contributed by atoms with E-state index in [0.29, 0.717) is 49.9 Å². The summed E-state index contributed by atoms with van der Waals surface area (Å²) in [5.74, 6) is 0.791. The largest absolute Gasteiger partial charge is 0.446 e. The normalized spacial score (nSPS) is 50.6. The van der Waals surface area contributed by atoms with E-state index in [-0.39, 0.29) is 52.2 Å². The zero-order valence-corrected chi connectivity index (χ0v) is 36.5. The van der Waals surface area contributed by atoms with E-state index in [0.717, 1.165) is 38.2 Å². The molecule has 1 aromatic carbocycles. The van der Waals surface area contributed by atoms with Crippen molar-refractivity contribution in [3.8, 4) is 0 Å². The Morgan fingerprint density at radius 1 is 0.873 bits per heavy atom. The van der Waals surface area contributed by atoms with Crippen molar-refractivity contribution in [2.75, 3.05) is 25.1 Å². The van der Waals surface area contributed by atoms with E-state index < -0.39 is 98.4 Å². The van der Waals surface area contributed by atoms with Crippen molar-refractivity contribution >= 4 is 17.6 Å². The van der Waals surface area contributed by atoms with E-state index in [2.05, 4.69) is 33.0 Å². The smallest absolute Gasteiger partial charge is 0.411 e. The third-order valence-electron chi connectivity index (χ3n) is 17.2. The molecule has 4 aliphatic heterocycles. The lowest BCUT2D eigenvalue weighted by Crippen LogP contribution is -2.65. The molecule has 4 aliphatic carbocycles. The number of fused-ring (bicyclic) bond motifs is 7. The van der Waals surface area contributed by atoms with E-state index >= 15 is 0 Å². The lowest BCUT2D eigenvalue weighted by atomic mass is 9.44. The second kappa shape index (κ2) is 17.4. The maximum absolute atomic E-state index is 14.6. The number of ketones is 1. The van der Waals surface area contributed by atoms with Gasteiger partial charge < -0.3 is 63.8 Å². The van der Waals surface area contributed by atoms with Gasteiger partial charge in [0.15, 0.2) is 18.4 Å².